The quantitative estimate of drug-likeness (QED) is 0.629. The molecule has 9 heteroatoms. The van der Waals surface area contributed by atoms with E-state index in [4.69, 9.17) is 5.73 Å². The highest BCUT2D eigenvalue weighted by atomic mass is 16.2. The maximum atomic E-state index is 12.6. The van der Waals surface area contributed by atoms with Gasteiger partial charge in [-0.3, -0.25) is 9.88 Å². The van der Waals surface area contributed by atoms with Crippen molar-refractivity contribution in [2.75, 3.05) is 51.1 Å². The van der Waals surface area contributed by atoms with Crippen LogP contribution in [0.4, 0.5) is 10.6 Å². The number of nitrogens with one attached hydrogen (secondary N) is 2. The van der Waals surface area contributed by atoms with E-state index in [1.54, 1.807) is 17.2 Å². The van der Waals surface area contributed by atoms with Crippen molar-refractivity contribution >= 4 is 11.8 Å². The normalized spacial score (nSPS) is 22.1. The topological polar surface area (TPSA) is 109 Å². The number of likely N-dealkylation sites (tertiary alicyclic amines) is 1. The van der Waals surface area contributed by atoms with Crippen LogP contribution in [0.5, 0.6) is 0 Å². The summed E-state index contributed by atoms with van der Waals surface area (Å²) in [6.07, 6.45) is 4.83. The minimum absolute atomic E-state index is 0.230. The second-order valence-electron chi connectivity index (χ2n) is 9.11. The van der Waals surface area contributed by atoms with E-state index in [0.29, 0.717) is 25.0 Å². The standard InChI is InChI=1S/C24H35N7O2/c1-18-6-12-29(14-8-21(18)25)13-7-19-2-4-20(5-3-19)31-15-9-22(28-24(31)33)27-23(32)30-16-10-26-11-17-30/h2-5,9,15,18,21,26H,6-8,10-14,16-17,25H2,1H3,(H,27,28,32,33)/t18?,21-/m1/s1. The second-order valence-corrected chi connectivity index (χ2v) is 9.11. The first-order valence-electron chi connectivity index (χ1n) is 11.9. The van der Waals surface area contributed by atoms with E-state index >= 15 is 0 Å². The zero-order valence-electron chi connectivity index (χ0n) is 19.4. The highest BCUT2D eigenvalue weighted by Gasteiger charge is 2.20. The average Bonchev–Trinajstić information content (AvgIpc) is 2.99. The van der Waals surface area contributed by atoms with Gasteiger partial charge in [0.2, 0.25) is 0 Å². The molecule has 1 unspecified atom stereocenters. The molecular weight excluding hydrogens is 418 g/mol. The van der Waals surface area contributed by atoms with Crippen molar-refractivity contribution in [2.24, 2.45) is 11.7 Å². The van der Waals surface area contributed by atoms with Gasteiger partial charge in [-0.15, -0.1) is 0 Å². The average molecular weight is 454 g/mol. The van der Waals surface area contributed by atoms with Crippen molar-refractivity contribution in [1.82, 2.24) is 24.7 Å². The molecule has 0 radical (unpaired) electrons. The van der Waals surface area contributed by atoms with Crippen molar-refractivity contribution in [1.29, 1.82) is 0 Å². The summed E-state index contributed by atoms with van der Waals surface area (Å²) in [6, 6.07) is 9.74. The molecule has 178 valence electrons. The molecule has 2 aliphatic heterocycles. The lowest BCUT2D eigenvalue weighted by atomic mass is 9.98. The third-order valence-corrected chi connectivity index (χ3v) is 6.78. The Morgan fingerprint density at radius 3 is 2.58 bits per heavy atom. The first kappa shape index (κ1) is 23.4. The molecule has 0 saturated carbocycles. The zero-order chi connectivity index (χ0) is 23.2. The number of urea groups is 1. The Morgan fingerprint density at radius 1 is 1.12 bits per heavy atom. The summed E-state index contributed by atoms with van der Waals surface area (Å²) in [5.74, 6) is 0.853. The van der Waals surface area contributed by atoms with Gasteiger partial charge in [-0.05, 0) is 62.0 Å². The number of nitrogens with zero attached hydrogens (tertiary/aromatic N) is 4. The van der Waals surface area contributed by atoms with Gasteiger partial charge < -0.3 is 20.9 Å². The summed E-state index contributed by atoms with van der Waals surface area (Å²) in [7, 11) is 0. The number of piperazine rings is 1. The van der Waals surface area contributed by atoms with Crippen LogP contribution in [0.3, 0.4) is 0 Å². The van der Waals surface area contributed by atoms with Gasteiger partial charge in [0.05, 0.1) is 5.69 Å². The van der Waals surface area contributed by atoms with Crippen molar-refractivity contribution in [3.8, 4) is 5.69 Å². The molecule has 0 spiro atoms. The van der Waals surface area contributed by atoms with Gasteiger partial charge in [0.25, 0.3) is 0 Å². The van der Waals surface area contributed by atoms with Gasteiger partial charge in [-0.25, -0.2) is 9.59 Å². The van der Waals surface area contributed by atoms with Gasteiger partial charge >= 0.3 is 11.7 Å². The van der Waals surface area contributed by atoms with Crippen molar-refractivity contribution < 1.29 is 4.79 Å². The molecule has 0 bridgehead atoms. The summed E-state index contributed by atoms with van der Waals surface area (Å²) in [5.41, 5.74) is 7.79. The molecular formula is C24H35N7O2. The fourth-order valence-electron chi connectivity index (χ4n) is 4.39. The van der Waals surface area contributed by atoms with E-state index in [9.17, 15) is 9.59 Å². The lowest BCUT2D eigenvalue weighted by Crippen LogP contribution is -2.48. The summed E-state index contributed by atoms with van der Waals surface area (Å²) in [6.45, 7) is 8.24. The second kappa shape index (κ2) is 10.9. The van der Waals surface area contributed by atoms with Crippen LogP contribution in [0.1, 0.15) is 25.3 Å². The van der Waals surface area contributed by atoms with Gasteiger partial charge in [0, 0.05) is 45.0 Å². The van der Waals surface area contributed by atoms with Crippen molar-refractivity contribution in [3.05, 3.63) is 52.6 Å². The summed E-state index contributed by atoms with van der Waals surface area (Å²) >= 11 is 0. The Morgan fingerprint density at radius 2 is 1.85 bits per heavy atom. The van der Waals surface area contributed by atoms with Crippen LogP contribution >= 0.6 is 0 Å². The molecule has 2 aliphatic rings. The highest BCUT2D eigenvalue weighted by Crippen LogP contribution is 2.17. The number of carbonyl (C=O) groups excluding carboxylic acids is 1. The van der Waals surface area contributed by atoms with Crippen LogP contribution in [-0.2, 0) is 6.42 Å². The molecule has 4 N–H and O–H groups in total. The Bertz CT molecular complexity index is 973. The Hall–Kier alpha value is -2.75. The van der Waals surface area contributed by atoms with E-state index < -0.39 is 5.69 Å². The van der Waals surface area contributed by atoms with Crippen molar-refractivity contribution in [3.63, 3.8) is 0 Å². The molecule has 2 aromatic rings. The molecule has 1 aromatic heterocycles. The maximum absolute atomic E-state index is 12.6. The Kier molecular flexibility index (Phi) is 7.74. The van der Waals surface area contributed by atoms with Crippen LogP contribution in [-0.4, -0.2) is 77.2 Å². The minimum atomic E-state index is -0.420. The zero-order valence-corrected chi connectivity index (χ0v) is 19.4. The monoisotopic (exact) mass is 453 g/mol. The van der Waals surface area contributed by atoms with E-state index in [1.807, 2.05) is 12.1 Å². The largest absolute Gasteiger partial charge is 0.354 e. The number of rotatable bonds is 5. The van der Waals surface area contributed by atoms with Gasteiger partial charge in [-0.1, -0.05) is 19.1 Å². The third kappa shape index (κ3) is 6.19. The number of hydrogen-bond donors (Lipinski definition) is 3. The highest BCUT2D eigenvalue weighted by molar-refractivity contribution is 5.88. The van der Waals surface area contributed by atoms with E-state index in [2.05, 4.69) is 39.6 Å². The molecule has 33 heavy (non-hydrogen) atoms. The number of benzene rings is 1. The van der Waals surface area contributed by atoms with Gasteiger partial charge in [0.15, 0.2) is 0 Å². The van der Waals surface area contributed by atoms with Gasteiger partial charge in [0.1, 0.15) is 5.82 Å². The molecule has 2 amide bonds. The number of aromatic nitrogens is 2. The number of carbonyl (C=O) groups is 1. The smallest absolute Gasteiger partial charge is 0.327 e. The van der Waals surface area contributed by atoms with E-state index in [0.717, 1.165) is 57.7 Å². The Balaban J connectivity index is 1.33. The van der Waals surface area contributed by atoms with Crippen LogP contribution < -0.4 is 22.1 Å². The van der Waals surface area contributed by atoms with Gasteiger partial charge in [-0.2, -0.15) is 4.98 Å². The van der Waals surface area contributed by atoms with Crippen molar-refractivity contribution in [2.45, 2.75) is 32.2 Å². The van der Waals surface area contributed by atoms with Crippen LogP contribution in [0.15, 0.2) is 41.3 Å². The summed E-state index contributed by atoms with van der Waals surface area (Å²) in [5, 5.41) is 5.92. The fourth-order valence-corrected chi connectivity index (χ4v) is 4.39. The SMILES string of the molecule is CC1CCN(CCc2ccc(-n3ccc(NC(=O)N4CCNCC4)nc3=O)cc2)CC[C@H]1N. The fraction of sp³-hybridized carbons (Fsp3) is 0.542. The molecule has 0 aliphatic carbocycles. The van der Waals surface area contributed by atoms with Crippen LogP contribution in [0.2, 0.25) is 0 Å². The summed E-state index contributed by atoms with van der Waals surface area (Å²) in [4.78, 5) is 33.1. The molecule has 4 rings (SSSR count). The Labute approximate surface area is 195 Å². The maximum Gasteiger partial charge on any atom is 0.354 e. The number of hydrogen-bond acceptors (Lipinski definition) is 6. The predicted molar refractivity (Wildman–Crippen MR) is 130 cm³/mol. The number of amides is 2. The first-order chi connectivity index (χ1) is 16.0. The predicted octanol–water partition coefficient (Wildman–Crippen LogP) is 1.27. The lowest BCUT2D eigenvalue weighted by molar-refractivity contribution is 0.204. The third-order valence-electron chi connectivity index (χ3n) is 6.78. The van der Waals surface area contributed by atoms with E-state index in [-0.39, 0.29) is 11.8 Å². The number of anilines is 1. The molecule has 1 aromatic carbocycles. The molecule has 2 atom stereocenters. The molecule has 9 nitrogen and oxygen atoms in total. The lowest BCUT2D eigenvalue weighted by Gasteiger charge is -2.27. The molecule has 2 saturated heterocycles. The van der Waals surface area contributed by atoms with E-state index in [1.165, 1.54) is 10.1 Å². The first-order valence-corrected chi connectivity index (χ1v) is 11.9. The number of nitrogens with two attached hydrogens (primary N) is 1. The van der Waals surface area contributed by atoms with Crippen LogP contribution in [0.25, 0.3) is 5.69 Å². The van der Waals surface area contributed by atoms with Crippen LogP contribution in [0, 0.1) is 5.92 Å². The molecule has 3 heterocycles. The summed E-state index contributed by atoms with van der Waals surface area (Å²) < 4.78 is 1.49. The minimum Gasteiger partial charge on any atom is -0.327 e. The molecule has 2 fully saturated rings.